The fourth-order valence-corrected chi connectivity index (χ4v) is 3.68. The molecule has 0 unspecified atom stereocenters. The summed E-state index contributed by atoms with van der Waals surface area (Å²) < 4.78 is 11.7. The van der Waals surface area contributed by atoms with Crippen LogP contribution < -0.4 is 16.2 Å². The molecule has 4 rings (SSSR count). The average molecular weight is 443 g/mol. The molecule has 2 heterocycles. The van der Waals surface area contributed by atoms with Crippen molar-refractivity contribution in [1.82, 2.24) is 0 Å². The number of nitrogens with one attached hydrogen (secondary N) is 1. The van der Waals surface area contributed by atoms with Crippen LogP contribution in [-0.4, -0.2) is 19.2 Å². The highest BCUT2D eigenvalue weighted by molar-refractivity contribution is 9.10. The number of quaternary nitrogens is 1. The molecule has 0 saturated heterocycles. The first-order valence-corrected chi connectivity index (χ1v) is 9.44. The standard InChI is InChI=1S/C21H16BrNO5/c1-23(2)10-16-17(24)5-4-13-14(9-19(25)28-20(13)16)15-8-11-7-12(22)3-6-18(11)27-21(15)26/h3-9,24H,10H2,1-2H3/p+1. The number of halogens is 1. The smallest absolute Gasteiger partial charge is 0.344 e. The predicted octanol–water partition coefficient (Wildman–Crippen LogP) is 2.68. The molecule has 0 spiro atoms. The summed E-state index contributed by atoms with van der Waals surface area (Å²) in [5.41, 5.74) is 0.779. The minimum atomic E-state index is -0.600. The largest absolute Gasteiger partial charge is 0.507 e. The number of benzene rings is 2. The summed E-state index contributed by atoms with van der Waals surface area (Å²) >= 11 is 3.41. The molecule has 0 aliphatic rings. The van der Waals surface area contributed by atoms with Crippen LogP contribution in [0.2, 0.25) is 0 Å². The first kappa shape index (κ1) is 18.5. The fraction of sp³-hybridized carbons (Fsp3) is 0.143. The van der Waals surface area contributed by atoms with Crippen molar-refractivity contribution in [3.63, 3.8) is 0 Å². The van der Waals surface area contributed by atoms with Crippen LogP contribution in [0.1, 0.15) is 5.56 Å². The van der Waals surface area contributed by atoms with Gasteiger partial charge >= 0.3 is 11.3 Å². The van der Waals surface area contributed by atoms with Gasteiger partial charge in [0.1, 0.15) is 17.9 Å². The van der Waals surface area contributed by atoms with Crippen molar-refractivity contribution in [2.45, 2.75) is 6.54 Å². The van der Waals surface area contributed by atoms with Gasteiger partial charge in [-0.15, -0.1) is 0 Å². The normalized spacial score (nSPS) is 11.6. The van der Waals surface area contributed by atoms with Crippen molar-refractivity contribution < 1.29 is 18.8 Å². The topological polar surface area (TPSA) is 85.1 Å². The maximum Gasteiger partial charge on any atom is 0.344 e. The number of fused-ring (bicyclic) bond motifs is 2. The second kappa shape index (κ2) is 6.92. The minimum Gasteiger partial charge on any atom is -0.507 e. The SMILES string of the molecule is C[NH+](C)Cc1c(O)ccc2c(-c3cc4cc(Br)ccc4oc3=O)cc(=O)oc12. The zero-order valence-corrected chi connectivity index (χ0v) is 16.8. The summed E-state index contributed by atoms with van der Waals surface area (Å²) in [5.74, 6) is 0.0449. The molecule has 142 valence electrons. The molecule has 6 nitrogen and oxygen atoms in total. The Morgan fingerprint density at radius 1 is 1.00 bits per heavy atom. The van der Waals surface area contributed by atoms with Gasteiger partial charge in [-0.2, -0.15) is 0 Å². The van der Waals surface area contributed by atoms with E-state index in [-0.39, 0.29) is 16.9 Å². The van der Waals surface area contributed by atoms with E-state index in [1.54, 1.807) is 30.3 Å². The molecule has 0 aliphatic carbocycles. The number of aromatic hydroxyl groups is 1. The van der Waals surface area contributed by atoms with E-state index in [0.29, 0.717) is 28.6 Å². The predicted molar refractivity (Wildman–Crippen MR) is 110 cm³/mol. The number of phenols is 1. The number of hydrogen-bond donors (Lipinski definition) is 2. The molecule has 0 saturated carbocycles. The van der Waals surface area contributed by atoms with Gasteiger partial charge in [0.15, 0.2) is 5.58 Å². The molecule has 2 N–H and O–H groups in total. The van der Waals surface area contributed by atoms with Crippen molar-refractivity contribution in [3.8, 4) is 16.9 Å². The molecule has 0 bridgehead atoms. The molecule has 7 heteroatoms. The van der Waals surface area contributed by atoms with Crippen molar-refractivity contribution in [1.29, 1.82) is 0 Å². The zero-order valence-electron chi connectivity index (χ0n) is 15.2. The van der Waals surface area contributed by atoms with Gasteiger partial charge in [-0.3, -0.25) is 0 Å². The first-order chi connectivity index (χ1) is 13.3. The Kier molecular flexibility index (Phi) is 4.56. The molecule has 0 fully saturated rings. The molecular weight excluding hydrogens is 426 g/mol. The summed E-state index contributed by atoms with van der Waals surface area (Å²) in [4.78, 5) is 25.9. The Labute approximate surface area is 167 Å². The molecule has 2 aromatic carbocycles. The highest BCUT2D eigenvalue weighted by Gasteiger charge is 2.19. The highest BCUT2D eigenvalue weighted by atomic mass is 79.9. The van der Waals surface area contributed by atoms with E-state index < -0.39 is 11.3 Å². The van der Waals surface area contributed by atoms with Crippen LogP contribution in [-0.2, 0) is 6.54 Å². The van der Waals surface area contributed by atoms with Gasteiger partial charge in [0.25, 0.3) is 0 Å². The van der Waals surface area contributed by atoms with Gasteiger partial charge in [0.2, 0.25) is 0 Å². The summed E-state index contributed by atoms with van der Waals surface area (Å²) in [6.07, 6.45) is 0. The van der Waals surface area contributed by atoms with Gasteiger partial charge in [-0.05, 0) is 36.4 Å². The van der Waals surface area contributed by atoms with E-state index in [2.05, 4.69) is 15.9 Å². The lowest BCUT2D eigenvalue weighted by Gasteiger charge is -2.12. The zero-order chi connectivity index (χ0) is 20.0. The van der Waals surface area contributed by atoms with Gasteiger partial charge in [0, 0.05) is 26.9 Å². The van der Waals surface area contributed by atoms with Crippen LogP contribution in [0.5, 0.6) is 5.75 Å². The lowest BCUT2D eigenvalue weighted by Crippen LogP contribution is -3.04. The Bertz CT molecular complexity index is 1340. The summed E-state index contributed by atoms with van der Waals surface area (Å²) in [6.45, 7) is 0.453. The van der Waals surface area contributed by atoms with Crippen LogP contribution in [0.15, 0.2) is 65.4 Å². The van der Waals surface area contributed by atoms with Crippen molar-refractivity contribution in [2.24, 2.45) is 0 Å². The van der Waals surface area contributed by atoms with E-state index in [4.69, 9.17) is 8.83 Å². The van der Waals surface area contributed by atoms with E-state index in [1.165, 1.54) is 6.07 Å². The monoisotopic (exact) mass is 442 g/mol. The molecule has 0 aliphatic heterocycles. The fourth-order valence-electron chi connectivity index (χ4n) is 3.30. The Balaban J connectivity index is 2.07. The van der Waals surface area contributed by atoms with E-state index in [1.807, 2.05) is 20.2 Å². The quantitative estimate of drug-likeness (QED) is 0.476. The minimum absolute atomic E-state index is 0.0449. The maximum absolute atomic E-state index is 12.6. The summed E-state index contributed by atoms with van der Waals surface area (Å²) in [5, 5.41) is 11.6. The van der Waals surface area contributed by atoms with E-state index in [0.717, 1.165) is 14.8 Å². The second-order valence-corrected chi connectivity index (χ2v) is 7.85. The van der Waals surface area contributed by atoms with Gasteiger partial charge < -0.3 is 18.8 Å². The Morgan fingerprint density at radius 2 is 1.79 bits per heavy atom. The first-order valence-electron chi connectivity index (χ1n) is 8.65. The van der Waals surface area contributed by atoms with Gasteiger partial charge in [-0.1, -0.05) is 15.9 Å². The van der Waals surface area contributed by atoms with Gasteiger partial charge in [-0.25, -0.2) is 9.59 Å². The molecule has 0 atom stereocenters. The Morgan fingerprint density at radius 3 is 2.54 bits per heavy atom. The van der Waals surface area contributed by atoms with Crippen LogP contribution >= 0.6 is 15.9 Å². The lowest BCUT2D eigenvalue weighted by atomic mass is 10.00. The van der Waals surface area contributed by atoms with Crippen molar-refractivity contribution >= 4 is 37.9 Å². The third-order valence-corrected chi connectivity index (χ3v) is 5.00. The van der Waals surface area contributed by atoms with Crippen LogP contribution in [0.3, 0.4) is 0 Å². The Hall–Kier alpha value is -2.90. The lowest BCUT2D eigenvalue weighted by molar-refractivity contribution is -0.872. The van der Waals surface area contributed by atoms with Crippen LogP contribution in [0.4, 0.5) is 0 Å². The van der Waals surface area contributed by atoms with E-state index >= 15 is 0 Å². The van der Waals surface area contributed by atoms with Gasteiger partial charge in [0.05, 0.1) is 25.2 Å². The summed E-state index contributed by atoms with van der Waals surface area (Å²) in [7, 11) is 3.85. The summed E-state index contributed by atoms with van der Waals surface area (Å²) in [6, 6.07) is 11.5. The molecule has 4 aromatic rings. The van der Waals surface area contributed by atoms with Crippen molar-refractivity contribution in [3.05, 3.63) is 73.3 Å². The second-order valence-electron chi connectivity index (χ2n) is 6.93. The van der Waals surface area contributed by atoms with E-state index in [9.17, 15) is 14.7 Å². The van der Waals surface area contributed by atoms with Crippen molar-refractivity contribution in [2.75, 3.05) is 14.1 Å². The number of hydrogen-bond acceptors (Lipinski definition) is 5. The third kappa shape index (κ3) is 3.23. The maximum atomic E-state index is 12.6. The van der Waals surface area contributed by atoms with Crippen LogP contribution in [0.25, 0.3) is 33.1 Å². The molecule has 0 amide bonds. The number of phenolic OH excluding ortho intramolecular Hbond substituents is 1. The molecule has 28 heavy (non-hydrogen) atoms. The third-order valence-electron chi connectivity index (χ3n) is 4.51. The number of rotatable bonds is 3. The molecular formula is C21H17BrNO5+. The molecule has 0 radical (unpaired) electrons. The molecule has 2 aromatic heterocycles. The van der Waals surface area contributed by atoms with Crippen LogP contribution in [0, 0.1) is 0 Å². The highest BCUT2D eigenvalue weighted by Crippen LogP contribution is 2.33. The average Bonchev–Trinajstić information content (AvgIpc) is 2.63.